The van der Waals surface area contributed by atoms with E-state index >= 15 is 0 Å². The van der Waals surface area contributed by atoms with Gasteiger partial charge in [0.1, 0.15) is 0 Å². The number of nitrogens with two attached hydrogens (primary N) is 1. The normalized spacial score (nSPS) is 12.1. The molecule has 1 amide bonds. The Balaban J connectivity index is 2.82. The highest BCUT2D eigenvalue weighted by molar-refractivity contribution is 5.87. The van der Waals surface area contributed by atoms with Crippen molar-refractivity contribution in [1.82, 2.24) is 0 Å². The number of benzene rings is 1. The minimum Gasteiger partial charge on any atom is -0.478 e. The molecule has 1 aromatic rings. The molecule has 0 aliphatic rings. The number of carboxylic acid groups (broad SMARTS) is 1. The van der Waals surface area contributed by atoms with Gasteiger partial charge in [0.25, 0.3) is 0 Å². The molecule has 1 rings (SSSR count). The Hall–Kier alpha value is -1.84. The molecule has 0 aromatic heterocycles. The third kappa shape index (κ3) is 3.09. The lowest BCUT2D eigenvalue weighted by molar-refractivity contribution is -0.121. The molecule has 0 fully saturated rings. The quantitative estimate of drug-likeness (QED) is 0.774. The fourth-order valence-corrected chi connectivity index (χ4v) is 1.29. The molecular weight excluding hydrogens is 194 g/mol. The fourth-order valence-electron chi connectivity index (χ4n) is 1.29. The molecule has 0 unspecified atom stereocenters. The Morgan fingerprint density at radius 1 is 1.47 bits per heavy atom. The van der Waals surface area contributed by atoms with Gasteiger partial charge in [-0.05, 0) is 24.1 Å². The summed E-state index contributed by atoms with van der Waals surface area (Å²) in [5.41, 5.74) is 6.16. The summed E-state index contributed by atoms with van der Waals surface area (Å²) in [5.74, 6) is -1.63. The third-order valence-corrected chi connectivity index (χ3v) is 2.20. The zero-order valence-electron chi connectivity index (χ0n) is 8.43. The largest absolute Gasteiger partial charge is 0.478 e. The van der Waals surface area contributed by atoms with Crippen molar-refractivity contribution in [3.63, 3.8) is 0 Å². The Morgan fingerprint density at radius 2 is 2.13 bits per heavy atom. The van der Waals surface area contributed by atoms with E-state index in [-0.39, 0.29) is 17.4 Å². The van der Waals surface area contributed by atoms with Crippen molar-refractivity contribution in [2.45, 2.75) is 13.3 Å². The molecule has 1 aromatic carbocycles. The maximum atomic E-state index is 10.8. The SMILES string of the molecule is C[C@@H](Cc1cccc(C(=O)O)c1)C(N)=O. The van der Waals surface area contributed by atoms with Gasteiger partial charge in [-0.2, -0.15) is 0 Å². The van der Waals surface area contributed by atoms with Crippen LogP contribution in [0.15, 0.2) is 24.3 Å². The highest BCUT2D eigenvalue weighted by Gasteiger charge is 2.10. The van der Waals surface area contributed by atoms with Crippen LogP contribution in [0.1, 0.15) is 22.8 Å². The van der Waals surface area contributed by atoms with Crippen LogP contribution in [0, 0.1) is 5.92 Å². The molecule has 15 heavy (non-hydrogen) atoms. The molecule has 4 heteroatoms. The van der Waals surface area contributed by atoms with Crippen LogP contribution in [0.5, 0.6) is 0 Å². The summed E-state index contributed by atoms with van der Waals surface area (Å²) in [7, 11) is 0. The van der Waals surface area contributed by atoms with Crippen LogP contribution in [0.4, 0.5) is 0 Å². The monoisotopic (exact) mass is 207 g/mol. The number of carbonyl (C=O) groups excluding carboxylic acids is 1. The third-order valence-electron chi connectivity index (χ3n) is 2.20. The molecule has 0 saturated heterocycles. The van der Waals surface area contributed by atoms with Crippen molar-refractivity contribution in [3.05, 3.63) is 35.4 Å². The van der Waals surface area contributed by atoms with E-state index in [0.717, 1.165) is 5.56 Å². The highest BCUT2D eigenvalue weighted by Crippen LogP contribution is 2.10. The first-order valence-corrected chi connectivity index (χ1v) is 4.62. The van der Waals surface area contributed by atoms with Crippen LogP contribution in [0.3, 0.4) is 0 Å². The maximum Gasteiger partial charge on any atom is 0.335 e. The van der Waals surface area contributed by atoms with Crippen LogP contribution in [-0.4, -0.2) is 17.0 Å². The molecular formula is C11H13NO3. The molecule has 3 N–H and O–H groups in total. The smallest absolute Gasteiger partial charge is 0.335 e. The average molecular weight is 207 g/mol. The van der Waals surface area contributed by atoms with Gasteiger partial charge in [0.15, 0.2) is 0 Å². The first-order valence-electron chi connectivity index (χ1n) is 4.62. The van der Waals surface area contributed by atoms with Crippen molar-refractivity contribution in [2.75, 3.05) is 0 Å². The number of hydrogen-bond acceptors (Lipinski definition) is 2. The highest BCUT2D eigenvalue weighted by atomic mass is 16.4. The van der Waals surface area contributed by atoms with Gasteiger partial charge in [-0.15, -0.1) is 0 Å². The number of primary amides is 1. The van der Waals surface area contributed by atoms with Crippen LogP contribution in [-0.2, 0) is 11.2 Å². The van der Waals surface area contributed by atoms with E-state index in [9.17, 15) is 9.59 Å². The number of aromatic carboxylic acids is 1. The zero-order chi connectivity index (χ0) is 11.4. The molecule has 0 aliphatic carbocycles. The summed E-state index contributed by atoms with van der Waals surface area (Å²) in [6.07, 6.45) is 0.469. The second-order valence-corrected chi connectivity index (χ2v) is 3.51. The number of hydrogen-bond donors (Lipinski definition) is 2. The molecule has 0 aliphatic heterocycles. The summed E-state index contributed by atoms with van der Waals surface area (Å²) in [6.45, 7) is 1.72. The summed E-state index contributed by atoms with van der Waals surface area (Å²) in [6, 6.07) is 6.51. The number of carboxylic acids is 1. The zero-order valence-corrected chi connectivity index (χ0v) is 8.43. The predicted molar refractivity (Wildman–Crippen MR) is 55.5 cm³/mol. The Kier molecular flexibility index (Phi) is 3.44. The van der Waals surface area contributed by atoms with E-state index in [1.54, 1.807) is 25.1 Å². The summed E-state index contributed by atoms with van der Waals surface area (Å²) in [4.78, 5) is 21.5. The molecule has 0 radical (unpaired) electrons. The lowest BCUT2D eigenvalue weighted by Crippen LogP contribution is -2.22. The first-order chi connectivity index (χ1) is 7.00. The number of rotatable bonds is 4. The molecule has 0 spiro atoms. The Labute approximate surface area is 87.7 Å². The molecule has 1 atom stereocenters. The molecule has 4 nitrogen and oxygen atoms in total. The van der Waals surface area contributed by atoms with E-state index in [0.29, 0.717) is 6.42 Å². The van der Waals surface area contributed by atoms with Gasteiger partial charge in [0.2, 0.25) is 5.91 Å². The Morgan fingerprint density at radius 3 is 2.67 bits per heavy atom. The van der Waals surface area contributed by atoms with E-state index in [1.807, 2.05) is 0 Å². The Bertz CT molecular complexity index is 387. The molecule has 0 saturated carbocycles. The number of amides is 1. The second-order valence-electron chi connectivity index (χ2n) is 3.51. The lowest BCUT2D eigenvalue weighted by atomic mass is 9.99. The van der Waals surface area contributed by atoms with Crippen molar-refractivity contribution in [1.29, 1.82) is 0 Å². The van der Waals surface area contributed by atoms with Gasteiger partial charge >= 0.3 is 5.97 Å². The fraction of sp³-hybridized carbons (Fsp3) is 0.273. The van der Waals surface area contributed by atoms with E-state index in [4.69, 9.17) is 10.8 Å². The summed E-state index contributed by atoms with van der Waals surface area (Å²) < 4.78 is 0. The first kappa shape index (κ1) is 11.2. The van der Waals surface area contributed by atoms with Crippen LogP contribution in [0.25, 0.3) is 0 Å². The van der Waals surface area contributed by atoms with Crippen molar-refractivity contribution < 1.29 is 14.7 Å². The minimum atomic E-state index is -0.969. The van der Waals surface area contributed by atoms with Gasteiger partial charge in [0, 0.05) is 5.92 Å². The van der Waals surface area contributed by atoms with Gasteiger partial charge in [-0.3, -0.25) is 4.79 Å². The van der Waals surface area contributed by atoms with E-state index < -0.39 is 5.97 Å². The van der Waals surface area contributed by atoms with E-state index in [2.05, 4.69) is 0 Å². The maximum absolute atomic E-state index is 10.8. The average Bonchev–Trinajstić information content (AvgIpc) is 2.18. The van der Waals surface area contributed by atoms with Gasteiger partial charge in [-0.25, -0.2) is 4.79 Å². The van der Waals surface area contributed by atoms with Gasteiger partial charge in [-0.1, -0.05) is 19.1 Å². The lowest BCUT2D eigenvalue weighted by Gasteiger charge is -2.07. The van der Waals surface area contributed by atoms with Crippen molar-refractivity contribution in [2.24, 2.45) is 11.7 Å². The molecule has 0 bridgehead atoms. The topological polar surface area (TPSA) is 80.4 Å². The van der Waals surface area contributed by atoms with Gasteiger partial charge < -0.3 is 10.8 Å². The van der Waals surface area contributed by atoms with Crippen LogP contribution < -0.4 is 5.73 Å². The summed E-state index contributed by atoms with van der Waals surface area (Å²) in [5, 5.41) is 8.76. The van der Waals surface area contributed by atoms with Crippen LogP contribution >= 0.6 is 0 Å². The van der Waals surface area contributed by atoms with Gasteiger partial charge in [0.05, 0.1) is 5.56 Å². The van der Waals surface area contributed by atoms with E-state index in [1.165, 1.54) is 6.07 Å². The van der Waals surface area contributed by atoms with Crippen LogP contribution in [0.2, 0.25) is 0 Å². The molecule has 80 valence electrons. The minimum absolute atomic E-state index is 0.226. The predicted octanol–water partition coefficient (Wildman–Crippen LogP) is 1.05. The summed E-state index contributed by atoms with van der Waals surface area (Å²) >= 11 is 0. The second kappa shape index (κ2) is 4.59. The molecule has 0 heterocycles. The van der Waals surface area contributed by atoms with Crippen molar-refractivity contribution >= 4 is 11.9 Å². The number of carbonyl (C=O) groups is 2. The standard InChI is InChI=1S/C11H13NO3/c1-7(10(12)13)5-8-3-2-4-9(6-8)11(14)15/h2-4,6-7H,5H2,1H3,(H2,12,13)(H,14,15)/t7-/m0/s1. The van der Waals surface area contributed by atoms with Crippen molar-refractivity contribution in [3.8, 4) is 0 Å².